The molecule has 0 radical (unpaired) electrons. The van der Waals surface area contributed by atoms with Gasteiger partial charge in [-0.25, -0.2) is 4.79 Å². The number of aromatic nitrogens is 1. The molecule has 4 aromatic rings. The van der Waals surface area contributed by atoms with Crippen LogP contribution in [0.25, 0.3) is 10.9 Å². The summed E-state index contributed by atoms with van der Waals surface area (Å²) in [7, 11) is 1.59. The third kappa shape index (κ3) is 5.58. The SMILES string of the molecule is CCc1cccc2c(C(=O)C(OC(=O)CON=Cc3ccc(OC)cc3)c3ccccc3)c[nH]c12. The highest BCUT2D eigenvalue weighted by molar-refractivity contribution is 6.11. The molecular formula is C28H26N2O5. The number of benzene rings is 3. The number of carbonyl (C=O) groups is 2. The number of Topliss-reactive ketones (excluding diaryl/α,β-unsaturated/α-hetero) is 1. The van der Waals surface area contributed by atoms with Crippen molar-refractivity contribution in [2.45, 2.75) is 19.4 Å². The van der Waals surface area contributed by atoms with Crippen LogP contribution in [0, 0.1) is 0 Å². The van der Waals surface area contributed by atoms with Gasteiger partial charge in [-0.3, -0.25) is 4.79 Å². The number of aryl methyl sites for hydroxylation is 1. The number of nitrogens with zero attached hydrogens (tertiary/aromatic N) is 1. The lowest BCUT2D eigenvalue weighted by atomic mass is 9.98. The van der Waals surface area contributed by atoms with Crippen molar-refractivity contribution >= 4 is 28.9 Å². The van der Waals surface area contributed by atoms with Crippen LogP contribution in [-0.4, -0.2) is 36.7 Å². The number of hydrogen-bond acceptors (Lipinski definition) is 6. The van der Waals surface area contributed by atoms with E-state index in [4.69, 9.17) is 14.3 Å². The summed E-state index contributed by atoms with van der Waals surface area (Å²) < 4.78 is 10.7. The molecule has 1 unspecified atom stereocenters. The molecule has 7 heteroatoms. The molecule has 178 valence electrons. The van der Waals surface area contributed by atoms with E-state index in [0.717, 1.165) is 34.2 Å². The normalized spacial score (nSPS) is 11.9. The average Bonchev–Trinajstić information content (AvgIpc) is 3.34. The highest BCUT2D eigenvalue weighted by atomic mass is 16.7. The standard InChI is InChI=1S/C28H26N2O5/c1-3-20-10-7-11-23-24(17-29-26(20)23)27(32)28(21-8-5-4-6-9-21)35-25(31)18-34-30-16-19-12-14-22(33-2)15-13-19/h4-17,28-29H,3,18H2,1-2H3. The van der Waals surface area contributed by atoms with Crippen molar-refractivity contribution in [1.82, 2.24) is 4.98 Å². The lowest BCUT2D eigenvalue weighted by Gasteiger charge is -2.17. The number of rotatable bonds is 10. The van der Waals surface area contributed by atoms with Gasteiger partial charge in [0.15, 0.2) is 6.10 Å². The molecule has 0 bridgehead atoms. The highest BCUT2D eigenvalue weighted by Crippen LogP contribution is 2.29. The molecule has 0 aliphatic carbocycles. The first-order valence-electron chi connectivity index (χ1n) is 11.3. The predicted octanol–water partition coefficient (Wildman–Crippen LogP) is 5.26. The quantitative estimate of drug-likeness (QED) is 0.148. The van der Waals surface area contributed by atoms with E-state index >= 15 is 0 Å². The number of para-hydroxylation sites is 1. The number of aromatic amines is 1. The maximum absolute atomic E-state index is 13.5. The van der Waals surface area contributed by atoms with E-state index in [1.54, 1.807) is 61.8 Å². The van der Waals surface area contributed by atoms with Crippen LogP contribution in [0.4, 0.5) is 0 Å². The minimum absolute atomic E-state index is 0.314. The third-order valence-electron chi connectivity index (χ3n) is 5.61. The van der Waals surface area contributed by atoms with Crippen LogP contribution >= 0.6 is 0 Å². The smallest absolute Gasteiger partial charge is 0.348 e. The summed E-state index contributed by atoms with van der Waals surface area (Å²) in [6.45, 7) is 1.62. The summed E-state index contributed by atoms with van der Waals surface area (Å²) in [6.07, 6.45) is 2.87. The van der Waals surface area contributed by atoms with Crippen molar-refractivity contribution in [2.24, 2.45) is 5.16 Å². The lowest BCUT2D eigenvalue weighted by molar-refractivity contribution is -0.152. The van der Waals surface area contributed by atoms with Gasteiger partial charge in [0.05, 0.1) is 13.3 Å². The number of methoxy groups -OCH3 is 1. The van der Waals surface area contributed by atoms with Gasteiger partial charge in [0, 0.05) is 28.2 Å². The summed E-state index contributed by atoms with van der Waals surface area (Å²) in [5, 5.41) is 4.61. The zero-order chi connectivity index (χ0) is 24.6. The average molecular weight is 471 g/mol. The second kappa shape index (κ2) is 11.2. The molecule has 0 aliphatic heterocycles. The number of hydrogen-bond donors (Lipinski definition) is 1. The Morgan fingerprint density at radius 2 is 1.77 bits per heavy atom. The molecule has 0 spiro atoms. The molecule has 0 amide bonds. The number of nitrogens with one attached hydrogen (secondary N) is 1. The number of carbonyl (C=O) groups excluding carboxylic acids is 2. The molecule has 7 nitrogen and oxygen atoms in total. The molecule has 4 rings (SSSR count). The summed E-state index contributed by atoms with van der Waals surface area (Å²) in [5.74, 6) is -0.289. The van der Waals surface area contributed by atoms with E-state index in [1.807, 2.05) is 24.3 Å². The van der Waals surface area contributed by atoms with E-state index < -0.39 is 18.7 Å². The van der Waals surface area contributed by atoms with Crippen LogP contribution in [0.15, 0.2) is 84.1 Å². The van der Waals surface area contributed by atoms with Gasteiger partial charge in [-0.05, 0) is 41.8 Å². The van der Waals surface area contributed by atoms with Crippen LogP contribution in [0.2, 0.25) is 0 Å². The third-order valence-corrected chi connectivity index (χ3v) is 5.61. The first-order valence-corrected chi connectivity index (χ1v) is 11.3. The van der Waals surface area contributed by atoms with E-state index in [0.29, 0.717) is 11.1 Å². The molecular weight excluding hydrogens is 444 g/mol. The molecule has 1 heterocycles. The van der Waals surface area contributed by atoms with Gasteiger partial charge < -0.3 is 19.3 Å². The van der Waals surface area contributed by atoms with Gasteiger partial charge >= 0.3 is 5.97 Å². The molecule has 0 saturated heterocycles. The number of H-pyrrole nitrogens is 1. The van der Waals surface area contributed by atoms with Crippen molar-refractivity contribution in [3.63, 3.8) is 0 Å². The fourth-order valence-electron chi connectivity index (χ4n) is 3.80. The predicted molar refractivity (Wildman–Crippen MR) is 134 cm³/mol. The summed E-state index contributed by atoms with van der Waals surface area (Å²) >= 11 is 0. The van der Waals surface area contributed by atoms with Crippen molar-refractivity contribution in [3.8, 4) is 5.75 Å². The van der Waals surface area contributed by atoms with E-state index in [2.05, 4.69) is 17.1 Å². The van der Waals surface area contributed by atoms with Gasteiger partial charge in [-0.15, -0.1) is 0 Å². The number of fused-ring (bicyclic) bond motifs is 1. The maximum atomic E-state index is 13.5. The molecule has 1 N–H and O–H groups in total. The Morgan fingerprint density at radius 1 is 1.00 bits per heavy atom. The molecule has 0 saturated carbocycles. The molecule has 0 fully saturated rings. The lowest BCUT2D eigenvalue weighted by Crippen LogP contribution is -2.22. The maximum Gasteiger partial charge on any atom is 0.348 e. The highest BCUT2D eigenvalue weighted by Gasteiger charge is 2.28. The minimum Gasteiger partial charge on any atom is -0.497 e. The summed E-state index contributed by atoms with van der Waals surface area (Å²) in [6, 6.07) is 22.0. The summed E-state index contributed by atoms with van der Waals surface area (Å²) in [5.41, 5.74) is 3.84. The second-order valence-electron chi connectivity index (χ2n) is 7.82. The van der Waals surface area contributed by atoms with Crippen LogP contribution in [0.1, 0.15) is 40.1 Å². The van der Waals surface area contributed by atoms with E-state index in [-0.39, 0.29) is 5.78 Å². The van der Waals surface area contributed by atoms with Gasteiger partial charge in [0.2, 0.25) is 12.4 Å². The van der Waals surface area contributed by atoms with Crippen LogP contribution < -0.4 is 4.74 Å². The van der Waals surface area contributed by atoms with Crippen LogP contribution in [0.3, 0.4) is 0 Å². The van der Waals surface area contributed by atoms with E-state index in [9.17, 15) is 9.59 Å². The van der Waals surface area contributed by atoms with Crippen LogP contribution in [0.5, 0.6) is 5.75 Å². The fourth-order valence-corrected chi connectivity index (χ4v) is 3.80. The number of ether oxygens (including phenoxy) is 2. The minimum atomic E-state index is -1.11. The largest absolute Gasteiger partial charge is 0.497 e. The van der Waals surface area contributed by atoms with Gasteiger partial charge in [-0.1, -0.05) is 60.6 Å². The van der Waals surface area contributed by atoms with Gasteiger partial charge in [0.25, 0.3) is 0 Å². The molecule has 0 aliphatic rings. The Kier molecular flexibility index (Phi) is 7.57. The van der Waals surface area contributed by atoms with Crippen LogP contribution in [-0.2, 0) is 20.8 Å². The fraction of sp³-hybridized carbons (Fsp3) is 0.179. The van der Waals surface area contributed by atoms with Gasteiger partial charge in [-0.2, -0.15) is 0 Å². The first-order chi connectivity index (χ1) is 17.1. The molecule has 3 aromatic carbocycles. The Balaban J connectivity index is 1.48. The first kappa shape index (κ1) is 23.8. The molecule has 35 heavy (non-hydrogen) atoms. The number of oxime groups is 1. The Morgan fingerprint density at radius 3 is 2.49 bits per heavy atom. The van der Waals surface area contributed by atoms with Crippen molar-refractivity contribution in [1.29, 1.82) is 0 Å². The molecule has 1 aromatic heterocycles. The zero-order valence-corrected chi connectivity index (χ0v) is 19.6. The monoisotopic (exact) mass is 470 g/mol. The Bertz CT molecular complexity index is 1330. The van der Waals surface area contributed by atoms with Crippen molar-refractivity contribution in [3.05, 3.63) is 101 Å². The zero-order valence-electron chi connectivity index (χ0n) is 19.6. The van der Waals surface area contributed by atoms with Crippen molar-refractivity contribution in [2.75, 3.05) is 13.7 Å². The topological polar surface area (TPSA) is 90.0 Å². The second-order valence-corrected chi connectivity index (χ2v) is 7.82. The Hall–Kier alpha value is -4.39. The van der Waals surface area contributed by atoms with E-state index in [1.165, 1.54) is 6.21 Å². The number of ketones is 1. The summed E-state index contributed by atoms with van der Waals surface area (Å²) in [4.78, 5) is 34.4. The number of esters is 1. The molecule has 1 atom stereocenters. The Labute approximate surface area is 203 Å². The van der Waals surface area contributed by atoms with Crippen molar-refractivity contribution < 1.29 is 23.9 Å². The van der Waals surface area contributed by atoms with Gasteiger partial charge in [0.1, 0.15) is 5.75 Å².